The van der Waals surface area contributed by atoms with E-state index in [2.05, 4.69) is 22.1 Å². The molecule has 0 aliphatic rings. The molecule has 0 aliphatic carbocycles. The molecule has 1 amide bonds. The highest BCUT2D eigenvalue weighted by atomic mass is 35.5. The second kappa shape index (κ2) is 7.98. The SMILES string of the molecule is Cc1nc(-c2cccc(Cl)c2)sc1C(=O)NCC#Cc1ccccc1. The molecular weight excluding hydrogens is 352 g/mol. The van der Waals surface area contributed by atoms with E-state index in [9.17, 15) is 4.79 Å². The number of hydrogen-bond acceptors (Lipinski definition) is 3. The second-order valence-corrected chi connectivity index (χ2v) is 6.73. The molecule has 3 aromatic rings. The lowest BCUT2D eigenvalue weighted by atomic mass is 10.2. The number of aryl methyl sites for hydroxylation is 1. The lowest BCUT2D eigenvalue weighted by molar-refractivity contribution is 0.0962. The van der Waals surface area contributed by atoms with Crippen LogP contribution in [-0.4, -0.2) is 17.4 Å². The number of amides is 1. The molecule has 0 atom stereocenters. The lowest BCUT2D eigenvalue weighted by Gasteiger charge is -1.98. The Labute approximate surface area is 155 Å². The molecule has 124 valence electrons. The lowest BCUT2D eigenvalue weighted by Crippen LogP contribution is -2.23. The quantitative estimate of drug-likeness (QED) is 0.691. The summed E-state index contributed by atoms with van der Waals surface area (Å²) >= 11 is 7.38. The number of carbonyl (C=O) groups is 1. The normalized spacial score (nSPS) is 10.0. The van der Waals surface area contributed by atoms with Crippen molar-refractivity contribution in [2.45, 2.75) is 6.92 Å². The van der Waals surface area contributed by atoms with Crippen molar-refractivity contribution in [1.82, 2.24) is 10.3 Å². The average Bonchev–Trinajstić information content (AvgIpc) is 3.01. The van der Waals surface area contributed by atoms with Crippen LogP contribution >= 0.6 is 22.9 Å². The molecule has 0 aliphatic heterocycles. The molecule has 0 radical (unpaired) electrons. The summed E-state index contributed by atoms with van der Waals surface area (Å²) in [6, 6.07) is 17.1. The van der Waals surface area contributed by atoms with Crippen LogP contribution in [0.5, 0.6) is 0 Å². The number of nitrogens with zero attached hydrogens (tertiary/aromatic N) is 1. The summed E-state index contributed by atoms with van der Waals surface area (Å²) in [6.45, 7) is 2.12. The van der Waals surface area contributed by atoms with Crippen molar-refractivity contribution >= 4 is 28.8 Å². The third-order valence-electron chi connectivity index (χ3n) is 3.42. The Morgan fingerprint density at radius 2 is 2.00 bits per heavy atom. The first-order valence-electron chi connectivity index (χ1n) is 7.69. The van der Waals surface area contributed by atoms with Crippen LogP contribution in [-0.2, 0) is 0 Å². The fourth-order valence-electron chi connectivity index (χ4n) is 2.22. The van der Waals surface area contributed by atoms with E-state index in [1.165, 1.54) is 11.3 Å². The van der Waals surface area contributed by atoms with Crippen molar-refractivity contribution < 1.29 is 4.79 Å². The van der Waals surface area contributed by atoms with Crippen LogP contribution in [0.2, 0.25) is 5.02 Å². The molecule has 0 fully saturated rings. The molecular formula is C20H15ClN2OS. The van der Waals surface area contributed by atoms with Gasteiger partial charge in [-0.3, -0.25) is 4.79 Å². The number of halogens is 1. The Hall–Kier alpha value is -2.61. The van der Waals surface area contributed by atoms with Gasteiger partial charge in [0.1, 0.15) is 9.88 Å². The maximum atomic E-state index is 12.4. The van der Waals surface area contributed by atoms with Crippen LogP contribution in [0.15, 0.2) is 54.6 Å². The minimum Gasteiger partial charge on any atom is -0.340 e. The summed E-state index contributed by atoms with van der Waals surface area (Å²) in [5, 5.41) is 4.24. The van der Waals surface area contributed by atoms with Crippen molar-refractivity contribution in [2.75, 3.05) is 6.54 Å². The minimum absolute atomic E-state index is 0.161. The van der Waals surface area contributed by atoms with Crippen LogP contribution in [0.1, 0.15) is 20.9 Å². The van der Waals surface area contributed by atoms with Gasteiger partial charge in [0.25, 0.3) is 5.91 Å². The number of thiazole rings is 1. The Bertz CT molecular complexity index is 955. The van der Waals surface area contributed by atoms with E-state index in [4.69, 9.17) is 11.6 Å². The van der Waals surface area contributed by atoms with E-state index in [0.29, 0.717) is 15.6 Å². The molecule has 0 bridgehead atoms. The van der Waals surface area contributed by atoms with Crippen LogP contribution in [0.3, 0.4) is 0 Å². The van der Waals surface area contributed by atoms with E-state index in [1.807, 2.05) is 61.5 Å². The average molecular weight is 367 g/mol. The predicted octanol–water partition coefficient (Wildman–Crippen LogP) is 4.55. The smallest absolute Gasteiger partial charge is 0.264 e. The summed E-state index contributed by atoms with van der Waals surface area (Å²) in [4.78, 5) is 17.4. The second-order valence-electron chi connectivity index (χ2n) is 5.29. The van der Waals surface area contributed by atoms with Gasteiger partial charge >= 0.3 is 0 Å². The molecule has 5 heteroatoms. The number of hydrogen-bond donors (Lipinski definition) is 1. The van der Waals surface area contributed by atoms with Gasteiger partial charge in [-0.15, -0.1) is 11.3 Å². The van der Waals surface area contributed by atoms with Gasteiger partial charge in [0.05, 0.1) is 12.2 Å². The zero-order valence-electron chi connectivity index (χ0n) is 13.5. The van der Waals surface area contributed by atoms with Crippen molar-refractivity contribution in [1.29, 1.82) is 0 Å². The number of benzene rings is 2. The standard InChI is InChI=1S/C20H15ClN2OS/c1-14-18(25-20(23-14)16-10-5-11-17(21)13-16)19(24)22-12-6-9-15-7-3-2-4-8-15/h2-5,7-8,10-11,13H,12H2,1H3,(H,22,24). The molecule has 1 aromatic heterocycles. The molecule has 25 heavy (non-hydrogen) atoms. The fourth-order valence-corrected chi connectivity index (χ4v) is 3.39. The van der Waals surface area contributed by atoms with Gasteiger partial charge in [-0.1, -0.05) is 53.8 Å². The maximum absolute atomic E-state index is 12.4. The van der Waals surface area contributed by atoms with Gasteiger partial charge in [-0.05, 0) is 31.2 Å². The minimum atomic E-state index is -0.161. The number of carbonyl (C=O) groups excluding carboxylic acids is 1. The van der Waals surface area contributed by atoms with Gasteiger partial charge in [0.15, 0.2) is 0 Å². The number of nitrogens with one attached hydrogen (secondary N) is 1. The highest BCUT2D eigenvalue weighted by Gasteiger charge is 2.15. The van der Waals surface area contributed by atoms with E-state index < -0.39 is 0 Å². The Morgan fingerprint density at radius 3 is 2.76 bits per heavy atom. The summed E-state index contributed by atoms with van der Waals surface area (Å²) in [5.41, 5.74) is 2.53. The van der Waals surface area contributed by atoms with Crippen LogP contribution in [0, 0.1) is 18.8 Å². The first-order valence-corrected chi connectivity index (χ1v) is 8.88. The Morgan fingerprint density at radius 1 is 1.20 bits per heavy atom. The number of aromatic nitrogens is 1. The molecule has 0 spiro atoms. The zero-order chi connectivity index (χ0) is 17.6. The number of rotatable bonds is 3. The Balaban J connectivity index is 1.68. The first kappa shape index (κ1) is 17.2. The highest BCUT2D eigenvalue weighted by Crippen LogP contribution is 2.29. The summed E-state index contributed by atoms with van der Waals surface area (Å²) in [7, 11) is 0. The monoisotopic (exact) mass is 366 g/mol. The third kappa shape index (κ3) is 4.48. The summed E-state index contributed by atoms with van der Waals surface area (Å²) < 4.78 is 0. The predicted molar refractivity (Wildman–Crippen MR) is 103 cm³/mol. The maximum Gasteiger partial charge on any atom is 0.264 e. The first-order chi connectivity index (χ1) is 12.1. The van der Waals surface area contributed by atoms with E-state index >= 15 is 0 Å². The highest BCUT2D eigenvalue weighted by molar-refractivity contribution is 7.17. The molecule has 3 nitrogen and oxygen atoms in total. The van der Waals surface area contributed by atoms with Crippen molar-refractivity contribution in [2.24, 2.45) is 0 Å². The molecule has 3 rings (SSSR count). The van der Waals surface area contributed by atoms with Gasteiger partial charge < -0.3 is 5.32 Å². The third-order valence-corrected chi connectivity index (χ3v) is 4.86. The van der Waals surface area contributed by atoms with Crippen LogP contribution < -0.4 is 5.32 Å². The Kier molecular flexibility index (Phi) is 5.49. The fraction of sp³-hybridized carbons (Fsp3) is 0.100. The van der Waals surface area contributed by atoms with Crippen molar-refractivity contribution in [3.63, 3.8) is 0 Å². The molecule has 1 N–H and O–H groups in total. The van der Waals surface area contributed by atoms with Gasteiger partial charge in [0, 0.05) is 16.1 Å². The molecule has 0 saturated carbocycles. The summed E-state index contributed by atoms with van der Waals surface area (Å²) in [6.07, 6.45) is 0. The topological polar surface area (TPSA) is 42.0 Å². The zero-order valence-corrected chi connectivity index (χ0v) is 15.1. The molecule has 0 saturated heterocycles. The summed E-state index contributed by atoms with van der Waals surface area (Å²) in [5.74, 6) is 5.80. The van der Waals surface area contributed by atoms with E-state index in [0.717, 1.165) is 16.1 Å². The van der Waals surface area contributed by atoms with Gasteiger partial charge in [-0.25, -0.2) is 4.98 Å². The van der Waals surface area contributed by atoms with Crippen molar-refractivity contribution in [3.05, 3.63) is 75.8 Å². The van der Waals surface area contributed by atoms with E-state index in [-0.39, 0.29) is 12.5 Å². The van der Waals surface area contributed by atoms with Crippen molar-refractivity contribution in [3.8, 4) is 22.4 Å². The van der Waals surface area contributed by atoms with E-state index in [1.54, 1.807) is 0 Å². The van der Waals surface area contributed by atoms with Gasteiger partial charge in [0.2, 0.25) is 0 Å². The molecule has 1 heterocycles. The van der Waals surface area contributed by atoms with Gasteiger partial charge in [-0.2, -0.15) is 0 Å². The largest absolute Gasteiger partial charge is 0.340 e. The molecule has 2 aromatic carbocycles. The van der Waals surface area contributed by atoms with Crippen LogP contribution in [0.4, 0.5) is 0 Å². The van der Waals surface area contributed by atoms with Crippen LogP contribution in [0.25, 0.3) is 10.6 Å². The molecule has 0 unspecified atom stereocenters.